The molecule has 338 valence electrons. The van der Waals surface area contributed by atoms with E-state index in [9.17, 15) is 19.2 Å². The number of anilines is 2. The first kappa shape index (κ1) is 44.7. The molecule has 2 atom stereocenters. The molecule has 17 nitrogen and oxygen atoms in total. The number of hydrogen-bond donors (Lipinski definition) is 3. The number of nitrogens with one attached hydrogen (secondary N) is 3. The summed E-state index contributed by atoms with van der Waals surface area (Å²) in [5.74, 6) is 2.93. The summed E-state index contributed by atoms with van der Waals surface area (Å²) < 4.78 is 17.9. The number of aromatic nitrogens is 6. The highest BCUT2D eigenvalue weighted by molar-refractivity contribution is 5.96. The molecule has 0 radical (unpaired) electrons. The van der Waals surface area contributed by atoms with Crippen molar-refractivity contribution in [2.24, 2.45) is 0 Å². The van der Waals surface area contributed by atoms with Crippen LogP contribution in [0.5, 0.6) is 17.2 Å². The largest absolute Gasteiger partial charge is 0.491 e. The van der Waals surface area contributed by atoms with Gasteiger partial charge >= 0.3 is 0 Å². The lowest BCUT2D eigenvalue weighted by Crippen LogP contribution is -2.44. The van der Waals surface area contributed by atoms with E-state index in [1.54, 1.807) is 47.4 Å². The number of hydrogen-bond acceptors (Lipinski definition) is 13. The van der Waals surface area contributed by atoms with Crippen molar-refractivity contribution in [3.05, 3.63) is 144 Å². The summed E-state index contributed by atoms with van der Waals surface area (Å²) in [4.78, 5) is 74.6. The van der Waals surface area contributed by atoms with Gasteiger partial charge in [0.2, 0.25) is 17.2 Å². The third kappa shape index (κ3) is 10.4. The van der Waals surface area contributed by atoms with Crippen LogP contribution in [0.15, 0.2) is 133 Å². The molecule has 3 aromatic carbocycles. The van der Waals surface area contributed by atoms with Crippen LogP contribution in [0.3, 0.4) is 0 Å². The Morgan fingerprint density at radius 3 is 2.18 bits per heavy atom. The van der Waals surface area contributed by atoms with Gasteiger partial charge in [0.05, 0.1) is 23.1 Å². The van der Waals surface area contributed by atoms with Crippen LogP contribution in [-0.4, -0.2) is 110 Å². The fourth-order valence-corrected chi connectivity index (χ4v) is 8.05. The first-order chi connectivity index (χ1) is 32.2. The topological polar surface area (TPSA) is 198 Å². The summed E-state index contributed by atoms with van der Waals surface area (Å²) in [5, 5.41) is 7.59. The first-order valence-electron chi connectivity index (χ1n) is 21.7. The first-order valence-corrected chi connectivity index (χ1v) is 21.7. The second-order valence-corrected chi connectivity index (χ2v) is 15.8. The number of methoxy groups -OCH3 is 1. The lowest BCUT2D eigenvalue weighted by Gasteiger charge is -2.32. The van der Waals surface area contributed by atoms with E-state index in [4.69, 9.17) is 14.2 Å². The SMILES string of the molecule is C=CC(=O)N1CCC[C@@H](Nc2cc3ncc(-c4ccc(Oc5ccccc5)cc4)c(=O)n3cn2)C1.C=CC(=O)N1CCC[C@@H](Nc2ncnc3[nH]c4ccc(OCCOC)cc4c(=O)c23)C1. The molecule has 2 saturated heterocycles. The molecule has 7 aromatic rings. The molecule has 0 bridgehead atoms. The van der Waals surface area contributed by atoms with Crippen molar-refractivity contribution in [3.63, 3.8) is 0 Å². The van der Waals surface area contributed by atoms with Crippen LogP contribution in [0, 0.1) is 0 Å². The molecule has 0 saturated carbocycles. The monoisotopic (exact) mass is 890 g/mol. The maximum atomic E-state index is 13.4. The summed E-state index contributed by atoms with van der Waals surface area (Å²) in [6, 6.07) is 24.0. The number of carbonyl (C=O) groups is 2. The molecule has 2 fully saturated rings. The maximum Gasteiger partial charge on any atom is 0.266 e. The van der Waals surface area contributed by atoms with Crippen molar-refractivity contribution in [2.75, 3.05) is 57.1 Å². The Labute approximate surface area is 379 Å². The average Bonchev–Trinajstić information content (AvgIpc) is 3.35. The van der Waals surface area contributed by atoms with Crippen molar-refractivity contribution in [1.29, 1.82) is 0 Å². The van der Waals surface area contributed by atoms with Gasteiger partial charge in [0.15, 0.2) is 0 Å². The van der Waals surface area contributed by atoms with Crippen LogP contribution in [0.2, 0.25) is 0 Å². The van der Waals surface area contributed by atoms with Crippen LogP contribution >= 0.6 is 0 Å². The number of rotatable bonds is 13. The number of benzene rings is 3. The molecule has 2 amide bonds. The fraction of sp³-hybridized carbons (Fsp3) is 0.265. The van der Waals surface area contributed by atoms with Gasteiger partial charge in [0.25, 0.3) is 5.56 Å². The van der Waals surface area contributed by atoms with Gasteiger partial charge in [-0.1, -0.05) is 43.5 Å². The van der Waals surface area contributed by atoms with Gasteiger partial charge in [-0.2, -0.15) is 0 Å². The number of carbonyl (C=O) groups excluding carboxylic acids is 2. The van der Waals surface area contributed by atoms with Gasteiger partial charge in [0.1, 0.15) is 64.8 Å². The highest BCUT2D eigenvalue weighted by atomic mass is 16.5. The molecule has 2 aliphatic heterocycles. The van der Waals surface area contributed by atoms with Crippen molar-refractivity contribution in [3.8, 4) is 28.4 Å². The normalized spacial score (nSPS) is 16.0. The Hall–Kier alpha value is -7.92. The van der Waals surface area contributed by atoms with E-state index in [-0.39, 0.29) is 34.9 Å². The van der Waals surface area contributed by atoms with Gasteiger partial charge in [-0.25, -0.2) is 19.9 Å². The van der Waals surface area contributed by atoms with E-state index >= 15 is 0 Å². The molecule has 4 aromatic heterocycles. The summed E-state index contributed by atoms with van der Waals surface area (Å²) in [7, 11) is 1.61. The van der Waals surface area contributed by atoms with Crippen molar-refractivity contribution in [1.82, 2.24) is 39.1 Å². The van der Waals surface area contributed by atoms with E-state index in [2.05, 4.69) is 48.7 Å². The van der Waals surface area contributed by atoms with E-state index in [1.165, 1.54) is 29.2 Å². The molecule has 0 aliphatic carbocycles. The Kier molecular flexibility index (Phi) is 14.0. The van der Waals surface area contributed by atoms with Crippen LogP contribution in [0.4, 0.5) is 11.6 Å². The zero-order valence-electron chi connectivity index (χ0n) is 36.5. The third-order valence-corrected chi connectivity index (χ3v) is 11.4. The molecule has 6 heterocycles. The molecule has 66 heavy (non-hydrogen) atoms. The van der Waals surface area contributed by atoms with E-state index in [0.717, 1.165) is 43.5 Å². The zero-order chi connectivity index (χ0) is 46.0. The molecule has 0 spiro atoms. The number of aromatic amines is 1. The van der Waals surface area contributed by atoms with Gasteiger partial charge in [-0.15, -0.1) is 0 Å². The number of fused-ring (bicyclic) bond motifs is 3. The highest BCUT2D eigenvalue weighted by Gasteiger charge is 2.25. The second kappa shape index (κ2) is 20.7. The van der Waals surface area contributed by atoms with Gasteiger partial charge in [-0.05, 0) is 85.9 Å². The number of likely N-dealkylation sites (tertiary alicyclic amines) is 2. The molecule has 17 heteroatoms. The lowest BCUT2D eigenvalue weighted by molar-refractivity contribution is -0.127. The minimum atomic E-state index is -0.203. The van der Waals surface area contributed by atoms with Crippen LogP contribution in [0.1, 0.15) is 25.7 Å². The van der Waals surface area contributed by atoms with E-state index in [1.807, 2.05) is 54.6 Å². The van der Waals surface area contributed by atoms with Gasteiger partial charge in [0, 0.05) is 57.6 Å². The number of H-pyrrole nitrogens is 1. The van der Waals surface area contributed by atoms with Crippen molar-refractivity contribution in [2.45, 2.75) is 37.8 Å². The Bertz CT molecular complexity index is 3000. The number of amides is 2. The molecule has 2 aliphatic rings. The third-order valence-electron chi connectivity index (χ3n) is 11.4. The summed E-state index contributed by atoms with van der Waals surface area (Å²) >= 11 is 0. The quantitative estimate of drug-likeness (QED) is 0.0671. The van der Waals surface area contributed by atoms with Crippen molar-refractivity contribution >= 4 is 51.0 Å². The molecule has 0 unspecified atom stereocenters. The number of para-hydroxylation sites is 1. The minimum absolute atomic E-state index is 0.0189. The van der Waals surface area contributed by atoms with Crippen LogP contribution in [0.25, 0.3) is 38.7 Å². The van der Waals surface area contributed by atoms with Gasteiger partial charge < -0.3 is 39.6 Å². The summed E-state index contributed by atoms with van der Waals surface area (Å²) in [5.41, 5.74) is 2.45. The van der Waals surface area contributed by atoms with Gasteiger partial charge in [-0.3, -0.25) is 23.6 Å². The van der Waals surface area contributed by atoms with Crippen molar-refractivity contribution < 1.29 is 23.8 Å². The molecule has 3 N–H and O–H groups in total. The number of nitrogens with zero attached hydrogens (tertiary/aromatic N) is 7. The Morgan fingerprint density at radius 2 is 1.48 bits per heavy atom. The summed E-state index contributed by atoms with van der Waals surface area (Å²) in [6.45, 7) is 10.5. The van der Waals surface area contributed by atoms with E-state index < -0.39 is 0 Å². The molecular weight excluding hydrogens is 841 g/mol. The number of piperidine rings is 2. The average molecular weight is 891 g/mol. The Balaban J connectivity index is 0.000000181. The number of ether oxygens (including phenoxy) is 3. The highest BCUT2D eigenvalue weighted by Crippen LogP contribution is 2.26. The summed E-state index contributed by atoms with van der Waals surface area (Å²) in [6.07, 6.45) is 10.7. The second-order valence-electron chi connectivity index (χ2n) is 15.8. The maximum absolute atomic E-state index is 13.4. The van der Waals surface area contributed by atoms with Crippen LogP contribution in [-0.2, 0) is 14.3 Å². The smallest absolute Gasteiger partial charge is 0.266 e. The predicted molar refractivity (Wildman–Crippen MR) is 253 cm³/mol. The fourth-order valence-electron chi connectivity index (χ4n) is 8.05. The minimum Gasteiger partial charge on any atom is -0.491 e. The molecular formula is C49H50N10O7. The Morgan fingerprint density at radius 1 is 0.803 bits per heavy atom. The standard InChI is InChI=1S/C27H25N5O3.C22H25N5O4/c1-2-26(33)31-14-6-7-20(17-31)30-24-15-25-28-16-23(27(34)32(25)18-29-24)19-10-12-22(13-11-19)35-21-8-4-3-5-9-21;1-3-18(28)27-8-4-5-14(12-27)25-21-19-20(29)16-11-15(31-10-9-30-2)6-7-17(16)26-22(19)24-13-23-21/h2-5,8-13,15-16,18,20,30H,1,6-7,14,17H2;3,6-7,11,13-14H,1,4-5,8-10,12H2,2H3,(H2,23,24,25,26,29)/t20-;14-/m11/s1. The van der Waals surface area contributed by atoms with E-state index in [0.29, 0.717) is 89.1 Å². The lowest BCUT2D eigenvalue weighted by atomic mass is 10.1. The molecule has 9 rings (SSSR count). The predicted octanol–water partition coefficient (Wildman–Crippen LogP) is 6.22. The zero-order valence-corrected chi connectivity index (χ0v) is 36.5. The van der Waals surface area contributed by atoms with Crippen LogP contribution < -0.4 is 31.1 Å². The number of pyridine rings is 1.